The van der Waals surface area contributed by atoms with Crippen molar-refractivity contribution < 1.29 is 8.98 Å². The van der Waals surface area contributed by atoms with Crippen LogP contribution in [0.4, 0.5) is 0 Å². The molecule has 5 rings (SSSR count). The summed E-state index contributed by atoms with van der Waals surface area (Å²) in [6, 6.07) is 18.9. The van der Waals surface area contributed by atoms with Crippen molar-refractivity contribution in [3.05, 3.63) is 77.1 Å². The zero-order chi connectivity index (χ0) is 20.3. The Morgan fingerprint density at radius 2 is 1.59 bits per heavy atom. The molecule has 3 aromatic carbocycles. The van der Waals surface area contributed by atoms with Crippen LogP contribution in [0, 0.1) is 27.7 Å². The molecule has 2 aromatic heterocycles. The number of fused-ring (bicyclic) bond motifs is 3. The summed E-state index contributed by atoms with van der Waals surface area (Å²) in [6.07, 6.45) is 0. The fraction of sp³-hybridized carbons (Fsp3) is 0.200. The summed E-state index contributed by atoms with van der Waals surface area (Å²) in [6.45, 7) is 8.47. The second kappa shape index (κ2) is 6.31. The molecule has 0 aliphatic rings. The average Bonchev–Trinajstić information content (AvgIpc) is 3.21. The van der Waals surface area contributed by atoms with Crippen molar-refractivity contribution in [2.24, 2.45) is 7.05 Å². The molecule has 4 heteroatoms. The first-order chi connectivity index (χ1) is 14.0. The van der Waals surface area contributed by atoms with Gasteiger partial charge in [0.05, 0.1) is 12.6 Å². The van der Waals surface area contributed by atoms with Crippen LogP contribution >= 0.6 is 0 Å². The van der Waals surface area contributed by atoms with E-state index in [9.17, 15) is 0 Å². The molecule has 0 saturated carbocycles. The summed E-state index contributed by atoms with van der Waals surface area (Å²) >= 11 is 0. The summed E-state index contributed by atoms with van der Waals surface area (Å²) in [7, 11) is 2.07. The van der Waals surface area contributed by atoms with Gasteiger partial charge in [0.25, 0.3) is 11.6 Å². The molecule has 0 amide bonds. The molecule has 0 unspecified atom stereocenters. The Labute approximate surface area is 170 Å². The Balaban J connectivity index is 1.87. The number of aryl methyl sites for hydroxylation is 4. The van der Waals surface area contributed by atoms with Crippen LogP contribution in [0.5, 0.6) is 0 Å². The van der Waals surface area contributed by atoms with Crippen molar-refractivity contribution in [1.29, 1.82) is 0 Å². The number of benzene rings is 3. The van der Waals surface area contributed by atoms with E-state index in [0.717, 1.165) is 44.8 Å². The van der Waals surface area contributed by atoms with Gasteiger partial charge in [-0.1, -0.05) is 41.1 Å². The van der Waals surface area contributed by atoms with Gasteiger partial charge in [0.1, 0.15) is 11.2 Å². The normalized spacial score (nSPS) is 11.6. The monoisotopic (exact) mass is 382 g/mol. The van der Waals surface area contributed by atoms with Crippen LogP contribution in [-0.4, -0.2) is 9.78 Å². The van der Waals surface area contributed by atoms with Gasteiger partial charge in [-0.25, -0.2) is 4.57 Å². The van der Waals surface area contributed by atoms with Crippen molar-refractivity contribution in [3.8, 4) is 17.1 Å². The molecule has 5 aromatic rings. The number of para-hydroxylation sites is 1. The first-order valence-corrected chi connectivity index (χ1v) is 9.91. The third kappa shape index (κ3) is 2.52. The first-order valence-electron chi connectivity index (χ1n) is 9.91. The quantitative estimate of drug-likeness (QED) is 0.378. The van der Waals surface area contributed by atoms with Gasteiger partial charge in [0.2, 0.25) is 0 Å². The second-order valence-electron chi connectivity index (χ2n) is 7.80. The fourth-order valence-electron chi connectivity index (χ4n) is 4.33. The number of furan rings is 1. The van der Waals surface area contributed by atoms with Gasteiger partial charge >= 0.3 is 0 Å². The summed E-state index contributed by atoms with van der Waals surface area (Å²) in [5, 5.41) is 7.23. The third-order valence-electron chi connectivity index (χ3n) is 5.91. The molecule has 4 nitrogen and oxygen atoms in total. The third-order valence-corrected chi connectivity index (χ3v) is 5.91. The van der Waals surface area contributed by atoms with E-state index in [-0.39, 0.29) is 0 Å². The molecule has 0 aliphatic carbocycles. The first kappa shape index (κ1) is 17.7. The van der Waals surface area contributed by atoms with Gasteiger partial charge in [-0.15, -0.1) is 0 Å². The highest BCUT2D eigenvalue weighted by Crippen LogP contribution is 2.36. The predicted molar refractivity (Wildman–Crippen MR) is 116 cm³/mol. The Bertz CT molecular complexity index is 1410. The van der Waals surface area contributed by atoms with Crippen LogP contribution in [0.25, 0.3) is 39.0 Å². The molecule has 0 radical (unpaired) electrons. The lowest BCUT2D eigenvalue weighted by molar-refractivity contribution is -0.667. The topological polar surface area (TPSA) is 34.8 Å². The number of rotatable bonds is 2. The van der Waals surface area contributed by atoms with Crippen molar-refractivity contribution in [3.63, 3.8) is 0 Å². The molecule has 0 fully saturated rings. The fourth-order valence-corrected chi connectivity index (χ4v) is 4.33. The molecule has 0 N–H and O–H groups in total. The summed E-state index contributed by atoms with van der Waals surface area (Å²) in [4.78, 5) is 0. The lowest BCUT2D eigenvalue weighted by atomic mass is 10.0. The van der Waals surface area contributed by atoms with Crippen LogP contribution in [0.15, 0.2) is 59.0 Å². The van der Waals surface area contributed by atoms with Gasteiger partial charge in [-0.2, -0.15) is 0 Å². The highest BCUT2D eigenvalue weighted by atomic mass is 16.3. The van der Waals surface area contributed by atoms with E-state index in [1.54, 1.807) is 0 Å². The van der Waals surface area contributed by atoms with Crippen LogP contribution in [0.3, 0.4) is 0 Å². The van der Waals surface area contributed by atoms with Crippen molar-refractivity contribution in [2.75, 3.05) is 0 Å². The number of hydrogen-bond acceptors (Lipinski definition) is 2. The summed E-state index contributed by atoms with van der Waals surface area (Å²) in [5.41, 5.74) is 7.62. The minimum atomic E-state index is 0.920. The summed E-state index contributed by atoms with van der Waals surface area (Å²) in [5.74, 6) is 2.04. The number of aromatic nitrogens is 3. The zero-order valence-corrected chi connectivity index (χ0v) is 17.4. The van der Waals surface area contributed by atoms with Crippen LogP contribution in [0.2, 0.25) is 0 Å². The second-order valence-corrected chi connectivity index (χ2v) is 7.80. The minimum absolute atomic E-state index is 0.920. The molecular weight excluding hydrogens is 358 g/mol. The largest absolute Gasteiger partial charge is 0.456 e. The lowest BCUT2D eigenvalue weighted by Gasteiger charge is -2.09. The van der Waals surface area contributed by atoms with Crippen LogP contribution in [0.1, 0.15) is 22.5 Å². The van der Waals surface area contributed by atoms with Crippen molar-refractivity contribution in [2.45, 2.75) is 27.7 Å². The number of hydrogen-bond donors (Lipinski definition) is 0. The Kier molecular flexibility index (Phi) is 3.85. The van der Waals surface area contributed by atoms with Gasteiger partial charge in [0, 0.05) is 28.4 Å². The van der Waals surface area contributed by atoms with E-state index in [1.165, 1.54) is 16.7 Å². The van der Waals surface area contributed by atoms with E-state index in [2.05, 4.69) is 79.5 Å². The van der Waals surface area contributed by atoms with Crippen molar-refractivity contribution >= 4 is 21.9 Å². The molecule has 2 heterocycles. The molecule has 0 aliphatic heterocycles. The molecule has 0 spiro atoms. The molecule has 0 bridgehead atoms. The van der Waals surface area contributed by atoms with Crippen molar-refractivity contribution in [1.82, 2.24) is 9.78 Å². The Morgan fingerprint density at radius 3 is 2.38 bits per heavy atom. The maximum atomic E-state index is 6.26. The van der Waals surface area contributed by atoms with Crippen LogP contribution < -0.4 is 4.57 Å². The molecule has 29 heavy (non-hydrogen) atoms. The van der Waals surface area contributed by atoms with Gasteiger partial charge in [0.15, 0.2) is 5.69 Å². The average molecular weight is 382 g/mol. The highest BCUT2D eigenvalue weighted by molar-refractivity contribution is 6.07. The zero-order valence-electron chi connectivity index (χ0n) is 17.4. The van der Waals surface area contributed by atoms with E-state index < -0.39 is 0 Å². The lowest BCUT2D eigenvalue weighted by Crippen LogP contribution is -2.32. The Hall–Kier alpha value is -3.40. The van der Waals surface area contributed by atoms with Crippen LogP contribution in [-0.2, 0) is 7.05 Å². The highest BCUT2D eigenvalue weighted by Gasteiger charge is 2.28. The van der Waals surface area contributed by atoms with Gasteiger partial charge in [-0.3, -0.25) is 0 Å². The van der Waals surface area contributed by atoms with E-state index in [0.29, 0.717) is 0 Å². The number of nitrogens with zero attached hydrogens (tertiary/aromatic N) is 3. The SMILES string of the molecule is Cc1ccccc1-c1n(-c2c(C)cc3c(oc4ccccc43)c2C)nc(C)[n+]1C. The predicted octanol–water partition coefficient (Wildman–Crippen LogP) is 5.50. The standard InChI is InChI=1S/C25H24N3O/c1-15-10-6-7-11-19(15)25-27(5)18(4)26-28(25)23-16(2)14-21-20-12-8-9-13-22(20)29-24(21)17(23)3/h6-14H,1-5H3/q+1. The summed E-state index contributed by atoms with van der Waals surface area (Å²) < 4.78 is 10.5. The van der Waals surface area contributed by atoms with E-state index in [4.69, 9.17) is 9.52 Å². The molecular formula is C25H24N3O+. The molecule has 0 saturated heterocycles. The molecule has 144 valence electrons. The van der Waals surface area contributed by atoms with E-state index in [1.807, 2.05) is 19.1 Å². The van der Waals surface area contributed by atoms with Gasteiger partial charge < -0.3 is 4.42 Å². The van der Waals surface area contributed by atoms with E-state index >= 15 is 0 Å². The van der Waals surface area contributed by atoms with Gasteiger partial charge in [-0.05, 0) is 50.1 Å². The molecule has 0 atom stereocenters. The minimum Gasteiger partial charge on any atom is -0.456 e. The Morgan fingerprint density at radius 1 is 0.862 bits per heavy atom. The maximum Gasteiger partial charge on any atom is 0.275 e. The maximum absolute atomic E-state index is 6.26. The smallest absolute Gasteiger partial charge is 0.275 e.